The third-order valence-electron chi connectivity index (χ3n) is 22.3. The second-order valence-electron chi connectivity index (χ2n) is 41.2. The first-order chi connectivity index (χ1) is 67.2. The van der Waals surface area contributed by atoms with Gasteiger partial charge in [0.05, 0.1) is 0 Å². The van der Waals surface area contributed by atoms with Gasteiger partial charge in [-0.25, -0.2) is 0 Å². The monoisotopic (exact) mass is 2240 g/mol. The summed E-state index contributed by atoms with van der Waals surface area (Å²) in [5.74, 6) is 4.23. The maximum absolute atomic E-state index is 10.8. The van der Waals surface area contributed by atoms with Crippen molar-refractivity contribution in [3.05, 3.63) is 378 Å². The molecule has 0 aliphatic heterocycles. The van der Waals surface area contributed by atoms with Gasteiger partial charge in [0.1, 0.15) is 17.2 Å². The van der Waals surface area contributed by atoms with Gasteiger partial charge in [0, 0.05) is 92.7 Å². The summed E-state index contributed by atoms with van der Waals surface area (Å²) in [5, 5.41) is 32.4. The number of aryl methyl sites for hydroxylation is 4. The first kappa shape index (κ1) is 117. The SMILES string of the molecule is CC(C)c1cccc(C(C)C)c1[N]=[Mo]=[CH]C(C)(C)C.CC(C)c1cccc(C(C)C)c1[N]=[Mo]=[CH]C(C)(C)C.CC(C)c1cccc(C(C)C)c1[N]=[W]=[CH]C(C)(C)C.CN(C)c1cc(-c2ccccc2)c(O)c(-c2ccccc2)c1.CN(C)c1cc(-c2ccccc2)c(O)c(-c2ccccc2)c1.CN(C)c1cc(-c2ccccc2)c(O)c(-c2ccccc2)c1.Cc1ccc(C)[n-]1.Cc1ccc(C)[n-]1.c1cc[n-]c1. The minimum atomic E-state index is -0.757. The van der Waals surface area contributed by atoms with Crippen LogP contribution in [0, 0.1) is 43.9 Å². The van der Waals surface area contributed by atoms with Gasteiger partial charge in [-0.3, -0.25) is 0 Å². The van der Waals surface area contributed by atoms with E-state index in [1.807, 2.05) is 325 Å². The summed E-state index contributed by atoms with van der Waals surface area (Å²) in [4.78, 5) is 18.1. The maximum Gasteiger partial charge on any atom is 0.131 e. The predicted molar refractivity (Wildman–Crippen MR) is 605 cm³/mol. The first-order valence-electron chi connectivity index (χ1n) is 49.4. The van der Waals surface area contributed by atoms with Crippen molar-refractivity contribution in [2.24, 2.45) is 26.7 Å². The molecule has 0 bridgehead atoms. The van der Waals surface area contributed by atoms with Crippen LogP contribution in [0.5, 0.6) is 17.2 Å². The Balaban J connectivity index is 0.000000223. The van der Waals surface area contributed by atoms with Gasteiger partial charge in [0.15, 0.2) is 0 Å². The zero-order valence-electron chi connectivity index (χ0n) is 90.4. The number of anilines is 3. The van der Waals surface area contributed by atoms with E-state index in [0.717, 1.165) is 107 Å². The Labute approximate surface area is 878 Å². The number of phenols is 3. The van der Waals surface area contributed by atoms with E-state index in [1.165, 1.54) is 50.4 Å². The predicted octanol–water partition coefficient (Wildman–Crippen LogP) is 34.6. The molecule has 0 spiro atoms. The van der Waals surface area contributed by atoms with Crippen LogP contribution in [0.15, 0.2) is 332 Å². The van der Waals surface area contributed by atoms with Gasteiger partial charge < -0.3 is 45.0 Å². The van der Waals surface area contributed by atoms with E-state index in [9.17, 15) is 15.3 Å². The molecule has 0 atom stereocenters. The van der Waals surface area contributed by atoms with E-state index in [0.29, 0.717) is 58.2 Å². The van der Waals surface area contributed by atoms with Crippen LogP contribution in [-0.2, 0) is 53.8 Å². The molecule has 15 heteroatoms. The van der Waals surface area contributed by atoms with Crippen LogP contribution in [0.2, 0.25) is 0 Å². The standard InChI is InChI=1S/3C20H19NO.3C12H17N.2C6H8N.3C5H10.C4H4N.2Mo.W/c3*1-21(2)17-13-18(15-9-5-3-6-10-15)20(22)19(14-17)16-11-7-4-8-12-16;3*1-8(2)10-6-5-7-11(9(3)4)12(10)13;2*1-5-3-4-6(2)7-5;3*1-5(2,3)4;1-2-4-5-3-1;;;/h3*3-14,22H,1-2H3;3*5-9H,1-4H3;2*3-4H,1-2H3;3*1H,2-4H3;1-4H;;;/q;;;;;;2*-1;;;;-1;;;. The summed E-state index contributed by atoms with van der Waals surface area (Å²) in [6, 6.07) is 104. The smallest absolute Gasteiger partial charge is 0.131 e. The van der Waals surface area contributed by atoms with Crippen molar-refractivity contribution in [2.45, 2.75) is 209 Å². The summed E-state index contributed by atoms with van der Waals surface area (Å²) in [5.41, 5.74) is 32.0. The molecule has 12 nitrogen and oxygen atoms in total. The van der Waals surface area contributed by atoms with Crippen molar-refractivity contribution in [3.8, 4) is 84.0 Å². The van der Waals surface area contributed by atoms with Gasteiger partial charge in [-0.2, -0.15) is 35.2 Å². The average molecular weight is 2230 g/mol. The van der Waals surface area contributed by atoms with E-state index in [2.05, 4.69) is 243 Å². The molecule has 0 aliphatic carbocycles. The summed E-state index contributed by atoms with van der Waals surface area (Å²) < 4.78 is 22.3. The molecule has 0 amide bonds. The van der Waals surface area contributed by atoms with Crippen molar-refractivity contribution in [1.82, 2.24) is 15.0 Å². The minimum Gasteiger partial charge on any atom is -0.670 e. The molecule has 750 valence electrons. The number of aromatic nitrogens is 3. The van der Waals surface area contributed by atoms with Crippen molar-refractivity contribution in [2.75, 3.05) is 57.0 Å². The summed E-state index contributed by atoms with van der Waals surface area (Å²) >= 11 is -1.59. The van der Waals surface area contributed by atoms with Crippen molar-refractivity contribution in [3.63, 3.8) is 0 Å². The number of aromatic hydroxyl groups is 3. The molecular formula is C127H158Mo2N9O3W-3. The molecule has 0 unspecified atom stereocenters. The fourth-order valence-corrected chi connectivity index (χ4v) is 20.5. The first-order valence-corrected chi connectivity index (χ1v) is 56.5. The normalized spacial score (nSPS) is 10.8. The third-order valence-corrected chi connectivity index (χ3v) is 31.7. The van der Waals surface area contributed by atoms with Crippen LogP contribution in [0.3, 0.4) is 0 Å². The quantitative estimate of drug-likeness (QED) is 0.0714. The van der Waals surface area contributed by atoms with E-state index in [1.54, 1.807) is 12.4 Å². The van der Waals surface area contributed by atoms with Crippen molar-refractivity contribution >= 4 is 47.3 Å². The second kappa shape index (κ2) is 58.2. The molecule has 3 N–H and O–H groups in total. The van der Waals surface area contributed by atoms with Gasteiger partial charge in [-0.15, -0.1) is 0 Å². The molecule has 0 aliphatic rings. The van der Waals surface area contributed by atoms with Crippen LogP contribution in [0.25, 0.3) is 66.8 Å². The van der Waals surface area contributed by atoms with Gasteiger partial charge in [-0.1, -0.05) is 246 Å². The molecular weight excluding hydrogens is 2080 g/mol. The Morgan fingerprint density at radius 1 is 0.275 bits per heavy atom. The number of nitrogens with zero attached hydrogens (tertiary/aromatic N) is 9. The molecule has 3 aromatic heterocycles. The number of hydrogen-bond acceptors (Lipinski definition) is 9. The largest absolute Gasteiger partial charge is 0.670 e. The topological polar surface area (TPSA) is 150 Å². The summed E-state index contributed by atoms with van der Waals surface area (Å²) in [6.07, 6.45) is 3.50. The molecule has 15 rings (SSSR count). The summed E-state index contributed by atoms with van der Waals surface area (Å²) in [7, 11) is 12.1. The molecule has 0 saturated heterocycles. The number of rotatable bonds is 18. The Morgan fingerprint density at radius 3 is 0.634 bits per heavy atom. The Morgan fingerprint density at radius 2 is 0.479 bits per heavy atom. The maximum atomic E-state index is 10.8. The average Bonchev–Trinajstić information content (AvgIpc) is 0.839. The van der Waals surface area contributed by atoms with Gasteiger partial charge in [-0.05, 0) is 69.8 Å². The molecule has 3 heterocycles. The molecule has 0 fully saturated rings. The van der Waals surface area contributed by atoms with E-state index < -0.39 is 53.8 Å². The number of hydrogen-bond donors (Lipinski definition) is 3. The van der Waals surface area contributed by atoms with Crippen LogP contribution >= 0.6 is 0 Å². The third kappa shape index (κ3) is 39.2. The Kier molecular flexibility index (Phi) is 48.1. The molecule has 12 aromatic carbocycles. The van der Waals surface area contributed by atoms with Gasteiger partial charge in [0.2, 0.25) is 0 Å². The molecule has 15 aromatic rings. The number of benzene rings is 12. The van der Waals surface area contributed by atoms with Crippen LogP contribution < -0.4 is 29.7 Å². The Hall–Kier alpha value is -11.6. The van der Waals surface area contributed by atoms with E-state index in [4.69, 9.17) is 10.5 Å². The molecule has 0 saturated carbocycles. The van der Waals surface area contributed by atoms with Crippen molar-refractivity contribution < 1.29 is 69.1 Å². The van der Waals surface area contributed by atoms with Crippen LogP contribution in [-0.4, -0.2) is 70.8 Å². The fraction of sp³-hybridized carbons (Fsp3) is 0.315. The zero-order valence-corrected chi connectivity index (χ0v) is 97.3. The van der Waals surface area contributed by atoms with Crippen LogP contribution in [0.1, 0.15) is 237 Å². The summed E-state index contributed by atoms with van der Waals surface area (Å²) in [6.45, 7) is 55.4. The molecule has 142 heavy (non-hydrogen) atoms. The van der Waals surface area contributed by atoms with E-state index >= 15 is 0 Å². The van der Waals surface area contributed by atoms with Gasteiger partial charge >= 0.3 is 380 Å². The van der Waals surface area contributed by atoms with E-state index in [-0.39, 0.29) is 10.8 Å². The fourth-order valence-electron chi connectivity index (χ4n) is 14.7. The number of phenolic OH excluding ortho intramolecular Hbond substituents is 3. The second-order valence-corrected chi connectivity index (χ2v) is 46.5. The minimum absolute atomic E-state index is 0.288. The molecule has 0 radical (unpaired) electrons. The zero-order chi connectivity index (χ0) is 105. The van der Waals surface area contributed by atoms with Crippen molar-refractivity contribution in [1.29, 1.82) is 0 Å². The van der Waals surface area contributed by atoms with Crippen LogP contribution in [0.4, 0.5) is 34.1 Å². The van der Waals surface area contributed by atoms with Gasteiger partial charge in [0.25, 0.3) is 0 Å². The Bertz CT molecular complexity index is 5620.